The highest BCUT2D eigenvalue weighted by Gasteiger charge is 2.26. The van der Waals surface area contributed by atoms with Crippen molar-refractivity contribution in [1.82, 2.24) is 5.32 Å². The van der Waals surface area contributed by atoms with E-state index in [0.717, 1.165) is 0 Å². The van der Waals surface area contributed by atoms with Crippen molar-refractivity contribution in [2.24, 2.45) is 5.92 Å². The smallest absolute Gasteiger partial charge is 0.117 e. The monoisotopic (exact) mass is 161 g/mol. The molecule has 0 aromatic heterocycles. The summed E-state index contributed by atoms with van der Waals surface area (Å²) in [5, 5.41) is 12.0. The predicted octanol–water partition coefficient (Wildman–Crippen LogP) is 0.705. The van der Waals surface area contributed by atoms with Gasteiger partial charge in [0.25, 0.3) is 0 Å². The normalized spacial score (nSPS) is 33.0. The molecule has 2 nitrogen and oxygen atoms in total. The highest BCUT2D eigenvalue weighted by Crippen LogP contribution is 2.26. The Morgan fingerprint density at radius 2 is 2.36 bits per heavy atom. The average molecular weight is 161 g/mol. The Morgan fingerprint density at radius 1 is 1.64 bits per heavy atom. The number of hydrogen-bond donors (Lipinski definition) is 2. The quantitative estimate of drug-likeness (QED) is 0.636. The van der Waals surface area contributed by atoms with Gasteiger partial charge >= 0.3 is 0 Å². The third kappa shape index (κ3) is 2.42. The summed E-state index contributed by atoms with van der Waals surface area (Å²) in [6, 6.07) is 0.510. The maximum atomic E-state index is 11.8. The molecule has 0 aromatic rings. The van der Waals surface area contributed by atoms with E-state index in [0.29, 0.717) is 18.5 Å². The second kappa shape index (κ2) is 4.02. The van der Waals surface area contributed by atoms with Crippen LogP contribution in [-0.2, 0) is 0 Å². The van der Waals surface area contributed by atoms with Crippen LogP contribution in [0.15, 0.2) is 0 Å². The molecule has 2 N–H and O–H groups in total. The number of aliphatic hydroxyl groups is 1. The van der Waals surface area contributed by atoms with Gasteiger partial charge in [-0.1, -0.05) is 6.92 Å². The zero-order chi connectivity index (χ0) is 8.27. The first kappa shape index (κ1) is 8.94. The maximum absolute atomic E-state index is 11.8. The van der Waals surface area contributed by atoms with E-state index in [1.54, 1.807) is 0 Å². The first-order chi connectivity index (χ1) is 5.24. The summed E-state index contributed by atoms with van der Waals surface area (Å²) >= 11 is 0. The summed E-state index contributed by atoms with van der Waals surface area (Å²) in [4.78, 5) is 0. The van der Waals surface area contributed by atoms with Crippen LogP contribution in [-0.4, -0.2) is 30.5 Å². The van der Waals surface area contributed by atoms with Crippen LogP contribution in [0.4, 0.5) is 4.39 Å². The molecule has 0 saturated heterocycles. The van der Waals surface area contributed by atoms with Gasteiger partial charge in [0.15, 0.2) is 0 Å². The molecular formula is C8H16FNO. The minimum atomic E-state index is -0.817. The Kier molecular flexibility index (Phi) is 3.27. The lowest BCUT2D eigenvalue weighted by molar-refractivity contribution is 0.119. The topological polar surface area (TPSA) is 32.3 Å². The molecule has 3 heteroatoms. The van der Waals surface area contributed by atoms with Crippen molar-refractivity contribution in [1.29, 1.82) is 0 Å². The first-order valence-electron chi connectivity index (χ1n) is 4.21. The lowest BCUT2D eigenvalue weighted by atomic mass is 9.81. The van der Waals surface area contributed by atoms with E-state index in [4.69, 9.17) is 5.11 Å². The van der Waals surface area contributed by atoms with Crippen molar-refractivity contribution in [3.05, 3.63) is 0 Å². The Hall–Kier alpha value is -0.150. The number of aliphatic hydroxyl groups excluding tert-OH is 1. The molecule has 1 saturated carbocycles. The van der Waals surface area contributed by atoms with Gasteiger partial charge in [-0.3, -0.25) is 0 Å². The lowest BCUT2D eigenvalue weighted by Crippen LogP contribution is -2.45. The van der Waals surface area contributed by atoms with Gasteiger partial charge in [0.1, 0.15) is 6.67 Å². The van der Waals surface area contributed by atoms with Crippen LogP contribution in [0.25, 0.3) is 0 Å². The molecule has 1 aliphatic carbocycles. The van der Waals surface area contributed by atoms with Crippen molar-refractivity contribution in [3.63, 3.8) is 0 Å². The van der Waals surface area contributed by atoms with Crippen molar-refractivity contribution in [2.45, 2.75) is 31.9 Å². The van der Waals surface area contributed by atoms with E-state index in [-0.39, 0.29) is 0 Å². The van der Waals surface area contributed by atoms with Crippen LogP contribution in [0, 0.1) is 5.92 Å². The van der Waals surface area contributed by atoms with Crippen LogP contribution < -0.4 is 5.32 Å². The van der Waals surface area contributed by atoms with E-state index in [1.807, 2.05) is 0 Å². The summed E-state index contributed by atoms with van der Waals surface area (Å²) in [6.07, 6.45) is 1.60. The number of halogens is 1. The zero-order valence-electron chi connectivity index (χ0n) is 6.89. The van der Waals surface area contributed by atoms with Crippen molar-refractivity contribution >= 4 is 0 Å². The standard InChI is InChI=1S/C8H16FNO/c1-6-2-3-8(6)10-5-7(11)4-9/h6-8,10-11H,2-5H2,1H3. The third-order valence-corrected chi connectivity index (χ3v) is 2.41. The van der Waals surface area contributed by atoms with Crippen LogP contribution in [0.2, 0.25) is 0 Å². The molecule has 1 fully saturated rings. The Balaban J connectivity index is 2.02. The summed E-state index contributed by atoms with van der Waals surface area (Å²) in [7, 11) is 0. The molecule has 0 heterocycles. The fraction of sp³-hybridized carbons (Fsp3) is 1.00. The second-order valence-electron chi connectivity index (χ2n) is 3.38. The predicted molar refractivity (Wildman–Crippen MR) is 42.2 cm³/mol. The lowest BCUT2D eigenvalue weighted by Gasteiger charge is -2.35. The van der Waals surface area contributed by atoms with Gasteiger partial charge in [-0.25, -0.2) is 4.39 Å². The van der Waals surface area contributed by atoms with E-state index in [9.17, 15) is 4.39 Å². The summed E-state index contributed by atoms with van der Waals surface area (Å²) in [6.45, 7) is 1.92. The van der Waals surface area contributed by atoms with Crippen LogP contribution in [0.5, 0.6) is 0 Å². The van der Waals surface area contributed by atoms with Crippen LogP contribution in [0.1, 0.15) is 19.8 Å². The molecule has 1 aliphatic rings. The maximum Gasteiger partial charge on any atom is 0.117 e. The summed E-state index contributed by atoms with van der Waals surface area (Å²) < 4.78 is 11.8. The Morgan fingerprint density at radius 3 is 2.73 bits per heavy atom. The molecule has 1 rings (SSSR count). The minimum absolute atomic E-state index is 0.394. The Labute approximate surface area is 66.8 Å². The van der Waals surface area contributed by atoms with E-state index in [1.165, 1.54) is 12.8 Å². The molecule has 11 heavy (non-hydrogen) atoms. The molecule has 0 amide bonds. The van der Waals surface area contributed by atoms with Crippen molar-refractivity contribution < 1.29 is 9.50 Å². The SMILES string of the molecule is CC1CCC1NCC(O)CF. The fourth-order valence-electron chi connectivity index (χ4n) is 1.31. The molecular weight excluding hydrogens is 145 g/mol. The highest BCUT2D eigenvalue weighted by atomic mass is 19.1. The molecule has 0 spiro atoms. The molecule has 0 radical (unpaired) electrons. The van der Waals surface area contributed by atoms with Gasteiger partial charge in [0, 0.05) is 12.6 Å². The fourth-order valence-corrected chi connectivity index (χ4v) is 1.31. The first-order valence-corrected chi connectivity index (χ1v) is 4.21. The van der Waals surface area contributed by atoms with Gasteiger partial charge in [-0.05, 0) is 18.8 Å². The molecule has 0 aliphatic heterocycles. The van der Waals surface area contributed by atoms with Crippen LogP contribution >= 0.6 is 0 Å². The van der Waals surface area contributed by atoms with Gasteiger partial charge in [0.05, 0.1) is 6.10 Å². The largest absolute Gasteiger partial charge is 0.389 e. The zero-order valence-corrected chi connectivity index (χ0v) is 6.89. The van der Waals surface area contributed by atoms with Crippen molar-refractivity contribution in [3.8, 4) is 0 Å². The summed E-state index contributed by atoms with van der Waals surface area (Å²) in [5.74, 6) is 0.696. The van der Waals surface area contributed by atoms with Gasteiger partial charge in [0.2, 0.25) is 0 Å². The minimum Gasteiger partial charge on any atom is -0.389 e. The molecule has 3 atom stereocenters. The van der Waals surface area contributed by atoms with Crippen molar-refractivity contribution in [2.75, 3.05) is 13.2 Å². The summed E-state index contributed by atoms with van der Waals surface area (Å²) in [5.41, 5.74) is 0. The highest BCUT2D eigenvalue weighted by molar-refractivity contribution is 4.83. The molecule has 0 aromatic carbocycles. The number of alkyl halides is 1. The van der Waals surface area contributed by atoms with E-state index >= 15 is 0 Å². The van der Waals surface area contributed by atoms with Crippen LogP contribution in [0.3, 0.4) is 0 Å². The molecule has 66 valence electrons. The van der Waals surface area contributed by atoms with E-state index < -0.39 is 12.8 Å². The second-order valence-corrected chi connectivity index (χ2v) is 3.38. The Bertz CT molecular complexity index is 121. The third-order valence-electron chi connectivity index (χ3n) is 2.41. The number of nitrogens with one attached hydrogen (secondary N) is 1. The van der Waals surface area contributed by atoms with Gasteiger partial charge in [-0.2, -0.15) is 0 Å². The number of rotatable bonds is 4. The van der Waals surface area contributed by atoms with Gasteiger partial charge < -0.3 is 10.4 Å². The molecule has 3 unspecified atom stereocenters. The van der Waals surface area contributed by atoms with E-state index in [2.05, 4.69) is 12.2 Å². The molecule has 0 bridgehead atoms. The van der Waals surface area contributed by atoms with Gasteiger partial charge in [-0.15, -0.1) is 0 Å². The number of hydrogen-bond acceptors (Lipinski definition) is 2. The average Bonchev–Trinajstić information content (AvgIpc) is 2.01.